The number of nitrogens with zero attached hydrogens (tertiary/aromatic N) is 1. The number of amides is 1. The lowest BCUT2D eigenvalue weighted by molar-refractivity contribution is -0.136. The molecule has 0 bridgehead atoms. The molecule has 0 aliphatic heterocycles. The van der Waals surface area contributed by atoms with Gasteiger partial charge in [0.1, 0.15) is 11.4 Å². The van der Waals surface area contributed by atoms with Crippen LogP contribution in [0.2, 0.25) is 0 Å². The first-order valence-electron chi connectivity index (χ1n) is 7.34. The molecule has 0 saturated carbocycles. The Morgan fingerprint density at radius 1 is 1.30 bits per heavy atom. The fraction of sp³-hybridized carbons (Fsp3) is 0.333. The van der Waals surface area contributed by atoms with Crippen LogP contribution in [0.15, 0.2) is 18.2 Å². The average molecular weight is 430 g/mol. The van der Waals surface area contributed by atoms with E-state index in [1.165, 1.54) is 13.1 Å². The third kappa shape index (κ3) is 5.65. The van der Waals surface area contributed by atoms with Crippen molar-refractivity contribution in [1.82, 2.24) is 9.88 Å². The Hall–Kier alpha value is -2.17. The Bertz CT molecular complexity index is 811. The monoisotopic (exact) mass is 429 g/mol. The van der Waals surface area contributed by atoms with Crippen molar-refractivity contribution in [2.45, 2.75) is 12.6 Å². The van der Waals surface area contributed by atoms with E-state index in [2.05, 4.69) is 4.98 Å². The number of rotatable bonds is 5. The molecule has 0 spiro atoms. The van der Waals surface area contributed by atoms with E-state index < -0.39 is 23.6 Å². The smallest absolute Gasteiger partial charge is 0.417 e. The zero-order valence-corrected chi connectivity index (χ0v) is 15.9. The summed E-state index contributed by atoms with van der Waals surface area (Å²) in [5, 5.41) is 7.08. The number of guanidine groups is 1. The van der Waals surface area contributed by atoms with Gasteiger partial charge in [0, 0.05) is 18.5 Å². The molecular weight excluding hydrogens is 410 g/mol. The van der Waals surface area contributed by atoms with E-state index in [-0.39, 0.29) is 53.8 Å². The van der Waals surface area contributed by atoms with Gasteiger partial charge in [0.05, 0.1) is 17.7 Å². The van der Waals surface area contributed by atoms with E-state index in [0.29, 0.717) is 13.0 Å². The second-order valence-corrected chi connectivity index (χ2v) is 5.35. The average Bonchev–Trinajstić information content (AvgIpc) is 2.95. The molecule has 0 atom stereocenters. The summed E-state index contributed by atoms with van der Waals surface area (Å²) in [6, 6.07) is 3.35. The maximum Gasteiger partial charge on any atom is 0.417 e. The van der Waals surface area contributed by atoms with Crippen molar-refractivity contribution in [3.05, 3.63) is 29.5 Å². The molecule has 1 aromatic carbocycles. The highest BCUT2D eigenvalue weighted by molar-refractivity contribution is 6.06. The minimum absolute atomic E-state index is 0. The summed E-state index contributed by atoms with van der Waals surface area (Å²) in [5.74, 6) is -1.22. The molecule has 12 heteroatoms. The largest absolute Gasteiger partial charge is 0.493 e. The van der Waals surface area contributed by atoms with Crippen LogP contribution in [0.3, 0.4) is 0 Å². The number of aromatic nitrogens is 1. The van der Waals surface area contributed by atoms with Gasteiger partial charge in [-0.25, -0.2) is 0 Å². The molecule has 6 N–H and O–H groups in total. The van der Waals surface area contributed by atoms with Crippen molar-refractivity contribution in [2.75, 3.05) is 20.2 Å². The Kier molecular flexibility index (Phi) is 8.90. The molecule has 1 aromatic heterocycles. The fourth-order valence-electron chi connectivity index (χ4n) is 2.21. The molecule has 2 aromatic rings. The summed E-state index contributed by atoms with van der Waals surface area (Å²) in [6.07, 6.45) is -4.13. The number of fused-ring (bicyclic) bond motifs is 1. The quantitative estimate of drug-likeness (QED) is 0.331. The van der Waals surface area contributed by atoms with Crippen LogP contribution in [0, 0.1) is 5.41 Å². The number of hydrogen-bond donors (Lipinski definition) is 4. The highest BCUT2D eigenvalue weighted by Crippen LogP contribution is 2.38. The molecule has 0 aliphatic rings. The molecule has 152 valence electrons. The highest BCUT2D eigenvalue weighted by Gasteiger charge is 2.34. The summed E-state index contributed by atoms with van der Waals surface area (Å²) in [5.41, 5.74) is 9.62. The molecule has 1 amide bonds. The number of alkyl halides is 3. The van der Waals surface area contributed by atoms with E-state index in [0.717, 1.165) is 17.0 Å². The summed E-state index contributed by atoms with van der Waals surface area (Å²) in [7, 11) is 1.25. The predicted molar refractivity (Wildman–Crippen MR) is 101 cm³/mol. The van der Waals surface area contributed by atoms with Crippen LogP contribution >= 0.6 is 24.8 Å². The molecule has 0 fully saturated rings. The third-order valence-electron chi connectivity index (χ3n) is 3.53. The van der Waals surface area contributed by atoms with Crippen LogP contribution in [0.4, 0.5) is 13.2 Å². The van der Waals surface area contributed by atoms with Gasteiger partial charge in [0.2, 0.25) is 0 Å². The number of carbonyl (C=O) groups excluding carboxylic acids is 1. The zero-order valence-electron chi connectivity index (χ0n) is 14.2. The Morgan fingerprint density at radius 2 is 1.93 bits per heavy atom. The van der Waals surface area contributed by atoms with E-state index >= 15 is 0 Å². The molecule has 27 heavy (non-hydrogen) atoms. The highest BCUT2D eigenvalue weighted by atomic mass is 35.5. The van der Waals surface area contributed by atoms with Gasteiger partial charge in [0.25, 0.3) is 5.91 Å². The van der Waals surface area contributed by atoms with Crippen molar-refractivity contribution in [3.63, 3.8) is 0 Å². The van der Waals surface area contributed by atoms with Gasteiger partial charge in [-0.2, -0.15) is 13.2 Å². The molecule has 0 saturated heterocycles. The van der Waals surface area contributed by atoms with Crippen LogP contribution in [-0.4, -0.2) is 41.9 Å². The van der Waals surface area contributed by atoms with Crippen LogP contribution in [0.1, 0.15) is 22.5 Å². The molecule has 0 aliphatic carbocycles. The Labute approximate surface area is 165 Å². The second kappa shape index (κ2) is 9.67. The van der Waals surface area contributed by atoms with E-state index in [1.54, 1.807) is 0 Å². The molecule has 1 heterocycles. The van der Waals surface area contributed by atoms with Gasteiger partial charge in [-0.3, -0.25) is 15.1 Å². The first-order valence-corrected chi connectivity index (χ1v) is 7.34. The summed E-state index contributed by atoms with van der Waals surface area (Å²) in [6.45, 7) is 0.534. The predicted octanol–water partition coefficient (Wildman–Crippen LogP) is 2.72. The normalized spacial score (nSPS) is 10.7. The molecule has 0 unspecified atom stereocenters. The van der Waals surface area contributed by atoms with Crippen LogP contribution in [0.25, 0.3) is 10.9 Å². The van der Waals surface area contributed by atoms with Gasteiger partial charge in [0.15, 0.2) is 5.96 Å². The van der Waals surface area contributed by atoms with Gasteiger partial charge >= 0.3 is 6.18 Å². The van der Waals surface area contributed by atoms with Crippen LogP contribution < -0.4 is 16.2 Å². The number of nitrogens with two attached hydrogens (primary N) is 2. The van der Waals surface area contributed by atoms with E-state index in [4.69, 9.17) is 21.6 Å². The lowest BCUT2D eigenvalue weighted by Gasteiger charge is -2.12. The molecule has 2 rings (SSSR count). The van der Waals surface area contributed by atoms with Gasteiger partial charge in [-0.1, -0.05) is 0 Å². The summed E-state index contributed by atoms with van der Waals surface area (Å²) in [4.78, 5) is 15.6. The third-order valence-corrected chi connectivity index (χ3v) is 3.53. The van der Waals surface area contributed by atoms with Gasteiger partial charge < -0.3 is 21.2 Å². The van der Waals surface area contributed by atoms with Crippen LogP contribution in [0.5, 0.6) is 5.75 Å². The van der Waals surface area contributed by atoms with E-state index in [9.17, 15) is 18.0 Å². The standard InChI is InChI=1S/C15H18F3N5O2.2ClH/c1-23(14(20)21)13(24)12-7-9-10(15(16,17)18)5-8(6-11(9)22-12)25-4-2-3-19;;/h5-7,22H,2-4,19H2,1H3,(H3,20,21);2*1H. The number of halogens is 5. The Balaban J connectivity index is 0.00000338. The number of carbonyl (C=O) groups is 1. The topological polar surface area (TPSA) is 121 Å². The maximum absolute atomic E-state index is 13.3. The molecule has 0 radical (unpaired) electrons. The van der Waals surface area contributed by atoms with Crippen LogP contribution in [-0.2, 0) is 6.18 Å². The number of ether oxygens (including phenoxy) is 1. The minimum atomic E-state index is -4.62. The number of H-pyrrole nitrogens is 1. The molecule has 7 nitrogen and oxygen atoms in total. The SMILES string of the molecule is CN(C(=N)N)C(=O)c1cc2c(C(F)(F)F)cc(OCCCN)cc2[nH]1.Cl.Cl. The van der Waals surface area contributed by atoms with Gasteiger partial charge in [-0.15, -0.1) is 24.8 Å². The Morgan fingerprint density at radius 3 is 2.44 bits per heavy atom. The minimum Gasteiger partial charge on any atom is -0.493 e. The van der Waals surface area contributed by atoms with Crippen molar-refractivity contribution < 1.29 is 22.7 Å². The molecular formula is C15H20Cl2F3N5O2. The second-order valence-electron chi connectivity index (χ2n) is 5.35. The number of nitrogens with one attached hydrogen (secondary N) is 2. The lowest BCUT2D eigenvalue weighted by atomic mass is 10.1. The summed E-state index contributed by atoms with van der Waals surface area (Å²) >= 11 is 0. The number of hydrogen-bond acceptors (Lipinski definition) is 4. The first-order chi connectivity index (χ1) is 11.6. The summed E-state index contributed by atoms with van der Waals surface area (Å²) < 4.78 is 45.3. The first kappa shape index (κ1) is 24.8. The zero-order chi connectivity index (χ0) is 18.8. The number of aromatic amines is 1. The van der Waals surface area contributed by atoms with Crippen molar-refractivity contribution >= 4 is 47.6 Å². The number of benzene rings is 1. The fourth-order valence-corrected chi connectivity index (χ4v) is 2.21. The van der Waals surface area contributed by atoms with Crippen molar-refractivity contribution in [3.8, 4) is 5.75 Å². The van der Waals surface area contributed by atoms with Gasteiger partial charge in [-0.05, 0) is 25.1 Å². The van der Waals surface area contributed by atoms with Crippen molar-refractivity contribution in [1.29, 1.82) is 5.41 Å². The maximum atomic E-state index is 13.3. The lowest BCUT2D eigenvalue weighted by Crippen LogP contribution is -2.38. The van der Waals surface area contributed by atoms with Crippen molar-refractivity contribution in [2.24, 2.45) is 11.5 Å². The van der Waals surface area contributed by atoms with E-state index in [1.807, 2.05) is 0 Å².